The topological polar surface area (TPSA) is 53.0 Å². The minimum Gasteiger partial charge on any atom is -0.376 e. The highest BCUT2D eigenvalue weighted by Crippen LogP contribution is 2.16. The van der Waals surface area contributed by atoms with Gasteiger partial charge >= 0.3 is 0 Å². The first-order chi connectivity index (χ1) is 9.70. The highest BCUT2D eigenvalue weighted by atomic mass is 32.1. The van der Waals surface area contributed by atoms with Gasteiger partial charge in [0, 0.05) is 12.2 Å². The van der Waals surface area contributed by atoms with Gasteiger partial charge in [0.25, 0.3) is 0 Å². The Kier molecular flexibility index (Phi) is 4.70. The molecule has 2 aromatic rings. The average molecular weight is 281 g/mol. The number of rotatable bonds is 4. The Bertz CT molecular complexity index is 614. The molecule has 2 rings (SSSR count). The summed E-state index contributed by atoms with van der Waals surface area (Å²) in [6, 6.07) is 19.5. The van der Waals surface area contributed by atoms with Crippen LogP contribution in [0.3, 0.4) is 0 Å². The summed E-state index contributed by atoms with van der Waals surface area (Å²) in [6.45, 7) is 0.714. The van der Waals surface area contributed by atoms with Crippen molar-refractivity contribution in [1.82, 2.24) is 0 Å². The molecule has 0 saturated heterocycles. The Hall–Kier alpha value is -2.38. The molecule has 3 nitrogen and oxygen atoms in total. The predicted octanol–water partition coefficient (Wildman–Crippen LogP) is 2.85. The number of nitriles is 1. The van der Waals surface area contributed by atoms with Gasteiger partial charge in [0.2, 0.25) is 0 Å². The lowest BCUT2D eigenvalue weighted by Gasteiger charge is -2.23. The molecule has 0 unspecified atom stereocenters. The quantitative estimate of drug-likeness (QED) is 0.876. The third kappa shape index (κ3) is 3.56. The first-order valence-corrected chi connectivity index (χ1v) is 6.72. The molecular weight excluding hydrogens is 266 g/mol. The molecule has 0 fully saturated rings. The molecule has 20 heavy (non-hydrogen) atoms. The number of nitrogens with two attached hydrogens (primary N) is 1. The smallest absolute Gasteiger partial charge is 0.170 e. The zero-order valence-electron chi connectivity index (χ0n) is 11.0. The van der Waals surface area contributed by atoms with Gasteiger partial charge in [-0.2, -0.15) is 5.26 Å². The van der Waals surface area contributed by atoms with E-state index in [0.29, 0.717) is 17.2 Å². The van der Waals surface area contributed by atoms with E-state index in [1.54, 1.807) is 12.1 Å². The molecule has 0 heterocycles. The summed E-state index contributed by atoms with van der Waals surface area (Å²) in [6.07, 6.45) is 0.859. The third-order valence-corrected chi connectivity index (χ3v) is 3.26. The fourth-order valence-corrected chi connectivity index (χ4v) is 2.16. The minimum atomic E-state index is 0.339. The fraction of sp³-hybridized carbons (Fsp3) is 0.125. The summed E-state index contributed by atoms with van der Waals surface area (Å²) in [5.74, 6) is 0. The maximum atomic E-state index is 8.81. The largest absolute Gasteiger partial charge is 0.376 e. The molecule has 2 aromatic carbocycles. The molecule has 4 heteroatoms. The normalized spacial score (nSPS) is 9.75. The number of hydrogen-bond acceptors (Lipinski definition) is 2. The summed E-state index contributed by atoms with van der Waals surface area (Å²) in [7, 11) is 0. The average Bonchev–Trinajstić information content (AvgIpc) is 2.49. The molecule has 0 amide bonds. The van der Waals surface area contributed by atoms with Crippen LogP contribution < -0.4 is 10.6 Å². The second-order valence-electron chi connectivity index (χ2n) is 4.38. The van der Waals surface area contributed by atoms with Crippen molar-refractivity contribution in [3.05, 3.63) is 65.7 Å². The van der Waals surface area contributed by atoms with Crippen LogP contribution in [0.15, 0.2) is 54.6 Å². The van der Waals surface area contributed by atoms with E-state index in [9.17, 15) is 0 Å². The van der Waals surface area contributed by atoms with E-state index in [1.807, 2.05) is 35.2 Å². The second kappa shape index (κ2) is 6.69. The van der Waals surface area contributed by atoms with Gasteiger partial charge in [-0.25, -0.2) is 0 Å². The van der Waals surface area contributed by atoms with Crippen LogP contribution in [-0.2, 0) is 6.42 Å². The standard InChI is InChI=1S/C16H15N3S/c17-12-14-6-8-15(9-7-14)19(16(18)20)11-10-13-4-2-1-3-5-13/h1-9H,10-11H2,(H2,18,20). The molecule has 0 atom stereocenters. The molecule has 0 aromatic heterocycles. The van der Waals surface area contributed by atoms with Crippen molar-refractivity contribution in [2.45, 2.75) is 6.42 Å². The van der Waals surface area contributed by atoms with Gasteiger partial charge < -0.3 is 10.6 Å². The Labute approximate surface area is 124 Å². The van der Waals surface area contributed by atoms with Crippen molar-refractivity contribution < 1.29 is 0 Å². The van der Waals surface area contributed by atoms with Gasteiger partial charge in [0.15, 0.2) is 5.11 Å². The van der Waals surface area contributed by atoms with Gasteiger partial charge in [0.1, 0.15) is 0 Å². The van der Waals surface area contributed by atoms with E-state index in [1.165, 1.54) is 5.56 Å². The monoisotopic (exact) mass is 281 g/mol. The maximum absolute atomic E-state index is 8.81. The number of benzene rings is 2. The lowest BCUT2D eigenvalue weighted by Crippen LogP contribution is -2.37. The Morgan fingerprint density at radius 2 is 1.75 bits per heavy atom. The predicted molar refractivity (Wildman–Crippen MR) is 85.4 cm³/mol. The SMILES string of the molecule is N#Cc1ccc(N(CCc2ccccc2)C(N)=S)cc1. The van der Waals surface area contributed by atoms with Crippen LogP contribution in [0.25, 0.3) is 0 Å². The first-order valence-electron chi connectivity index (χ1n) is 6.32. The number of nitrogens with zero attached hydrogens (tertiary/aromatic N) is 2. The van der Waals surface area contributed by atoms with Crippen molar-refractivity contribution in [1.29, 1.82) is 5.26 Å². The molecule has 0 saturated carbocycles. The number of thiocarbonyl (C=S) groups is 1. The van der Waals surface area contributed by atoms with Crippen molar-refractivity contribution in [2.24, 2.45) is 5.73 Å². The Morgan fingerprint density at radius 3 is 2.30 bits per heavy atom. The zero-order valence-corrected chi connectivity index (χ0v) is 11.8. The molecule has 0 bridgehead atoms. The van der Waals surface area contributed by atoms with Gasteiger partial charge in [0.05, 0.1) is 11.6 Å². The first kappa shape index (κ1) is 14.0. The number of hydrogen-bond donors (Lipinski definition) is 1. The Morgan fingerprint density at radius 1 is 1.10 bits per heavy atom. The molecule has 0 aliphatic carbocycles. The summed E-state index contributed by atoms with van der Waals surface area (Å²) in [5, 5.41) is 9.15. The molecule has 0 aliphatic heterocycles. The summed E-state index contributed by atoms with van der Waals surface area (Å²) >= 11 is 5.11. The van der Waals surface area contributed by atoms with Gasteiger partial charge in [-0.15, -0.1) is 0 Å². The van der Waals surface area contributed by atoms with E-state index in [-0.39, 0.29) is 0 Å². The molecular formula is C16H15N3S. The highest BCUT2D eigenvalue weighted by Gasteiger charge is 2.09. The molecule has 100 valence electrons. The van der Waals surface area contributed by atoms with E-state index in [2.05, 4.69) is 18.2 Å². The summed E-state index contributed by atoms with van der Waals surface area (Å²) in [4.78, 5) is 1.88. The Balaban J connectivity index is 2.11. The van der Waals surface area contributed by atoms with Gasteiger partial charge in [-0.05, 0) is 48.5 Å². The van der Waals surface area contributed by atoms with Crippen molar-refractivity contribution >= 4 is 23.0 Å². The summed E-state index contributed by atoms with van der Waals surface area (Å²) in [5.41, 5.74) is 8.57. The molecule has 0 radical (unpaired) electrons. The van der Waals surface area contributed by atoms with Crippen LogP contribution in [0.4, 0.5) is 5.69 Å². The van der Waals surface area contributed by atoms with E-state index in [0.717, 1.165) is 12.1 Å². The fourth-order valence-electron chi connectivity index (χ4n) is 1.97. The second-order valence-corrected chi connectivity index (χ2v) is 4.80. The van der Waals surface area contributed by atoms with Gasteiger partial charge in [-0.1, -0.05) is 30.3 Å². The minimum absolute atomic E-state index is 0.339. The van der Waals surface area contributed by atoms with Crippen LogP contribution in [0.1, 0.15) is 11.1 Å². The lowest BCUT2D eigenvalue weighted by molar-refractivity contribution is 0.935. The van der Waals surface area contributed by atoms with Crippen molar-refractivity contribution in [3.8, 4) is 6.07 Å². The zero-order chi connectivity index (χ0) is 14.4. The van der Waals surface area contributed by atoms with Crippen LogP contribution in [-0.4, -0.2) is 11.7 Å². The molecule has 0 aliphatic rings. The van der Waals surface area contributed by atoms with Crippen LogP contribution in [0.5, 0.6) is 0 Å². The van der Waals surface area contributed by atoms with Crippen LogP contribution in [0, 0.1) is 11.3 Å². The van der Waals surface area contributed by atoms with E-state index < -0.39 is 0 Å². The maximum Gasteiger partial charge on any atom is 0.170 e. The number of anilines is 1. The third-order valence-electron chi connectivity index (χ3n) is 3.04. The van der Waals surface area contributed by atoms with Crippen molar-refractivity contribution in [3.63, 3.8) is 0 Å². The van der Waals surface area contributed by atoms with Gasteiger partial charge in [-0.3, -0.25) is 0 Å². The van der Waals surface area contributed by atoms with E-state index in [4.69, 9.17) is 23.2 Å². The summed E-state index contributed by atoms with van der Waals surface area (Å²) < 4.78 is 0. The highest BCUT2D eigenvalue weighted by molar-refractivity contribution is 7.80. The van der Waals surface area contributed by atoms with Crippen molar-refractivity contribution in [2.75, 3.05) is 11.4 Å². The van der Waals surface area contributed by atoms with Crippen LogP contribution in [0.2, 0.25) is 0 Å². The molecule has 0 spiro atoms. The lowest BCUT2D eigenvalue weighted by atomic mass is 10.1. The van der Waals surface area contributed by atoms with E-state index >= 15 is 0 Å². The molecule has 2 N–H and O–H groups in total. The van der Waals surface area contributed by atoms with Crippen LogP contribution >= 0.6 is 12.2 Å².